The zero-order chi connectivity index (χ0) is 26.7. The predicted molar refractivity (Wildman–Crippen MR) is 140 cm³/mol. The highest BCUT2D eigenvalue weighted by Crippen LogP contribution is 2.38. The minimum absolute atomic E-state index is 0.0262. The lowest BCUT2D eigenvalue weighted by molar-refractivity contribution is -0.168. The first-order valence-corrected chi connectivity index (χ1v) is 12.1. The van der Waals surface area contributed by atoms with Crippen LogP contribution >= 0.6 is 15.9 Å². The molecule has 0 fully saturated rings. The molecule has 0 aliphatic rings. The Balaban J connectivity index is 1.79. The van der Waals surface area contributed by atoms with Crippen LogP contribution in [0.25, 0.3) is 22.2 Å². The molecule has 0 aliphatic carbocycles. The minimum Gasteiger partial charge on any atom is -0.496 e. The van der Waals surface area contributed by atoms with Gasteiger partial charge in [-0.2, -0.15) is 8.78 Å². The van der Waals surface area contributed by atoms with Crippen LogP contribution in [0.2, 0.25) is 0 Å². The van der Waals surface area contributed by atoms with Crippen molar-refractivity contribution in [2.45, 2.75) is 18.8 Å². The van der Waals surface area contributed by atoms with Gasteiger partial charge in [0.25, 0.3) is 5.91 Å². The van der Waals surface area contributed by atoms with Gasteiger partial charge in [-0.25, -0.2) is 9.78 Å². The van der Waals surface area contributed by atoms with Crippen molar-refractivity contribution in [3.8, 4) is 17.0 Å². The minimum atomic E-state index is -4.17. The molecule has 0 radical (unpaired) electrons. The average Bonchev–Trinajstić information content (AvgIpc) is 2.89. The highest BCUT2D eigenvalue weighted by molar-refractivity contribution is 9.10. The summed E-state index contributed by atoms with van der Waals surface area (Å²) in [5.41, 5.74) is 2.73. The van der Waals surface area contributed by atoms with Gasteiger partial charge in [0.1, 0.15) is 5.75 Å². The van der Waals surface area contributed by atoms with Crippen molar-refractivity contribution >= 4 is 38.7 Å². The van der Waals surface area contributed by atoms with Gasteiger partial charge in [0, 0.05) is 27.5 Å². The Kier molecular flexibility index (Phi) is 7.54. The highest BCUT2D eigenvalue weighted by Gasteiger charge is 2.49. The number of hydrogen-bond acceptors (Lipinski definition) is 4. The average molecular weight is 569 g/mol. The van der Waals surface area contributed by atoms with Crippen LogP contribution in [-0.2, 0) is 4.79 Å². The van der Waals surface area contributed by atoms with Crippen molar-refractivity contribution in [2.24, 2.45) is 0 Å². The van der Waals surface area contributed by atoms with Crippen LogP contribution in [0.1, 0.15) is 27.4 Å². The van der Waals surface area contributed by atoms with E-state index in [1.54, 1.807) is 31.2 Å². The Morgan fingerprint density at radius 2 is 1.76 bits per heavy atom. The lowest BCUT2D eigenvalue weighted by atomic mass is 9.91. The first-order valence-electron chi connectivity index (χ1n) is 11.3. The fraction of sp³-hybridized carbons (Fsp3) is 0.179. The first kappa shape index (κ1) is 26.2. The number of fused-ring (bicyclic) bond motifs is 1. The lowest BCUT2D eigenvalue weighted by Crippen LogP contribution is -2.42. The molecule has 37 heavy (non-hydrogen) atoms. The van der Waals surface area contributed by atoms with Crippen molar-refractivity contribution in [2.75, 3.05) is 13.7 Å². The number of hydrogen-bond donors (Lipinski definition) is 2. The number of carbonyl (C=O) groups excluding carboxylic acids is 1. The van der Waals surface area contributed by atoms with Gasteiger partial charge < -0.3 is 15.2 Å². The van der Waals surface area contributed by atoms with E-state index in [0.717, 1.165) is 5.56 Å². The Bertz CT molecular complexity index is 1480. The van der Waals surface area contributed by atoms with E-state index in [1.807, 2.05) is 30.3 Å². The summed E-state index contributed by atoms with van der Waals surface area (Å²) in [6.45, 7) is 1.10. The van der Waals surface area contributed by atoms with Crippen LogP contribution in [0.5, 0.6) is 5.75 Å². The van der Waals surface area contributed by atoms with Gasteiger partial charge in [0.15, 0.2) is 0 Å². The van der Waals surface area contributed by atoms with Crippen molar-refractivity contribution in [1.82, 2.24) is 10.3 Å². The van der Waals surface area contributed by atoms with Crippen LogP contribution in [0.4, 0.5) is 8.78 Å². The molecular weight excluding hydrogens is 546 g/mol. The number of aromatic nitrogens is 1. The van der Waals surface area contributed by atoms with Gasteiger partial charge >= 0.3 is 11.9 Å². The summed E-state index contributed by atoms with van der Waals surface area (Å²) in [7, 11) is 1.31. The number of para-hydroxylation sites is 1. The summed E-state index contributed by atoms with van der Waals surface area (Å²) in [5, 5.41) is 12.4. The number of ether oxygens (including phenoxy) is 1. The van der Waals surface area contributed by atoms with Crippen LogP contribution < -0.4 is 10.1 Å². The molecule has 1 aromatic heterocycles. The monoisotopic (exact) mass is 568 g/mol. The second-order valence-electron chi connectivity index (χ2n) is 8.42. The van der Waals surface area contributed by atoms with E-state index >= 15 is 0 Å². The molecule has 9 heteroatoms. The van der Waals surface area contributed by atoms with Crippen molar-refractivity contribution in [1.29, 1.82) is 0 Å². The third-order valence-corrected chi connectivity index (χ3v) is 6.66. The molecule has 190 valence electrons. The first-order chi connectivity index (χ1) is 17.6. The summed E-state index contributed by atoms with van der Waals surface area (Å²) in [4.78, 5) is 29.8. The van der Waals surface area contributed by atoms with Crippen LogP contribution in [0.3, 0.4) is 0 Å². The van der Waals surface area contributed by atoms with Gasteiger partial charge in [0.2, 0.25) is 0 Å². The van der Waals surface area contributed by atoms with E-state index in [9.17, 15) is 23.5 Å². The third kappa shape index (κ3) is 5.17. The Morgan fingerprint density at radius 3 is 2.43 bits per heavy atom. The van der Waals surface area contributed by atoms with Gasteiger partial charge in [-0.3, -0.25) is 4.79 Å². The molecule has 3 aromatic carbocycles. The van der Waals surface area contributed by atoms with E-state index in [1.165, 1.54) is 25.3 Å². The highest BCUT2D eigenvalue weighted by atomic mass is 79.9. The number of methoxy groups -OCH3 is 1. The zero-order valence-corrected chi connectivity index (χ0v) is 21.6. The number of benzene rings is 3. The van der Waals surface area contributed by atoms with Gasteiger partial charge in [-0.05, 0) is 36.8 Å². The van der Waals surface area contributed by atoms with Crippen molar-refractivity contribution in [3.05, 3.63) is 94.0 Å². The predicted octanol–water partition coefficient (Wildman–Crippen LogP) is 6.21. The largest absolute Gasteiger partial charge is 0.496 e. The molecule has 1 atom stereocenters. The molecule has 0 saturated carbocycles. The molecule has 0 saturated heterocycles. The summed E-state index contributed by atoms with van der Waals surface area (Å²) >= 11 is 3.42. The Labute approximate surface area is 220 Å². The Morgan fingerprint density at radius 1 is 1.08 bits per heavy atom. The maximum atomic E-state index is 14.9. The number of rotatable bonds is 8. The SMILES string of the molecule is COc1ccccc1[C@H](CNC(=O)c1c(C)c(-c2ccccc2)nc2ccc(Br)cc12)C(F)(F)C(=O)O. The van der Waals surface area contributed by atoms with Crippen LogP contribution in [0.15, 0.2) is 77.3 Å². The molecular formula is C28H23BrF2N2O4. The molecule has 4 aromatic rings. The second-order valence-corrected chi connectivity index (χ2v) is 9.34. The third-order valence-electron chi connectivity index (χ3n) is 6.17. The van der Waals surface area contributed by atoms with Gasteiger partial charge in [-0.1, -0.05) is 64.5 Å². The van der Waals surface area contributed by atoms with E-state index in [4.69, 9.17) is 9.72 Å². The molecule has 1 amide bonds. The lowest BCUT2D eigenvalue weighted by Gasteiger charge is -2.26. The number of nitrogens with one attached hydrogen (secondary N) is 1. The fourth-order valence-electron chi connectivity index (χ4n) is 4.32. The number of carboxylic acids is 1. The van der Waals surface area contributed by atoms with Gasteiger partial charge in [-0.15, -0.1) is 0 Å². The number of pyridine rings is 1. The number of aliphatic carboxylic acids is 1. The maximum absolute atomic E-state index is 14.9. The summed E-state index contributed by atoms with van der Waals surface area (Å²) < 4.78 is 35.7. The molecule has 1 heterocycles. The van der Waals surface area contributed by atoms with E-state index < -0.39 is 30.3 Å². The fourth-order valence-corrected chi connectivity index (χ4v) is 4.68. The quantitative estimate of drug-likeness (QED) is 0.263. The standard InChI is InChI=1S/C28H23BrF2N2O4/c1-16-24(20-14-18(29)12-13-22(20)33-25(16)17-8-4-3-5-9-17)26(34)32-15-21(28(30,31)27(35)36)19-10-6-7-11-23(19)37-2/h3-14,21H,15H2,1-2H3,(H,32,34)(H,35,36)/t21-/m0/s1. The number of carbonyl (C=O) groups is 2. The summed E-state index contributed by atoms with van der Waals surface area (Å²) in [5.74, 6) is -8.86. The summed E-state index contributed by atoms with van der Waals surface area (Å²) in [6.07, 6.45) is 0. The molecule has 0 unspecified atom stereocenters. The number of amides is 1. The molecule has 0 bridgehead atoms. The number of alkyl halides is 2. The smallest absolute Gasteiger partial charge is 0.375 e. The molecule has 0 aliphatic heterocycles. The van der Waals surface area contributed by atoms with Crippen LogP contribution in [0, 0.1) is 6.92 Å². The van der Waals surface area contributed by atoms with Crippen molar-refractivity contribution in [3.63, 3.8) is 0 Å². The summed E-state index contributed by atoms with van der Waals surface area (Å²) in [6, 6.07) is 20.5. The molecule has 0 spiro atoms. The second kappa shape index (κ2) is 10.6. The van der Waals surface area contributed by atoms with Gasteiger partial charge in [0.05, 0.1) is 29.8 Å². The topological polar surface area (TPSA) is 88.5 Å². The van der Waals surface area contributed by atoms with E-state index in [-0.39, 0.29) is 16.9 Å². The normalized spacial score (nSPS) is 12.2. The number of carboxylic acid groups (broad SMARTS) is 1. The maximum Gasteiger partial charge on any atom is 0.375 e. The molecule has 6 nitrogen and oxygen atoms in total. The van der Waals surface area contributed by atoms with E-state index in [2.05, 4.69) is 21.2 Å². The Hall–Kier alpha value is -3.85. The van der Waals surface area contributed by atoms with E-state index in [0.29, 0.717) is 26.6 Å². The number of halogens is 3. The van der Waals surface area contributed by atoms with Crippen molar-refractivity contribution < 1.29 is 28.2 Å². The number of nitrogens with zero attached hydrogens (tertiary/aromatic N) is 1. The van der Waals surface area contributed by atoms with Crippen LogP contribution in [-0.4, -0.2) is 41.5 Å². The molecule has 2 N–H and O–H groups in total. The zero-order valence-electron chi connectivity index (χ0n) is 20.0. The molecule has 4 rings (SSSR count).